The third-order valence-corrected chi connectivity index (χ3v) is 6.72. The van der Waals surface area contributed by atoms with Crippen molar-refractivity contribution in [3.8, 4) is 0 Å². The highest BCUT2D eigenvalue weighted by Gasteiger charge is 2.55. The number of anilines is 1. The average molecular weight is 362 g/mol. The lowest BCUT2D eigenvalue weighted by atomic mass is 9.73. The van der Waals surface area contributed by atoms with Crippen LogP contribution in [0.5, 0.6) is 0 Å². The molecule has 2 fully saturated rings. The number of amides is 4. The maximum absolute atomic E-state index is 12.9. The molecule has 1 aromatic rings. The summed E-state index contributed by atoms with van der Waals surface area (Å²) < 4.78 is 0. The van der Waals surface area contributed by atoms with Crippen LogP contribution in [0, 0.1) is 5.92 Å². The molecule has 0 unspecified atom stereocenters. The molecule has 2 heterocycles. The number of thiazole rings is 1. The summed E-state index contributed by atoms with van der Waals surface area (Å²) in [7, 11) is 0. The fourth-order valence-electron chi connectivity index (χ4n) is 4.19. The number of fused-ring (bicyclic) bond motifs is 1. The molecule has 25 heavy (non-hydrogen) atoms. The molecule has 0 radical (unpaired) electrons. The number of hydrogen-bond donors (Lipinski definition) is 2. The van der Waals surface area contributed by atoms with E-state index in [1.54, 1.807) is 0 Å². The van der Waals surface area contributed by atoms with Gasteiger partial charge in [-0.1, -0.05) is 19.8 Å². The van der Waals surface area contributed by atoms with E-state index in [4.69, 9.17) is 0 Å². The number of rotatable bonds is 3. The molecule has 4 rings (SSSR count). The van der Waals surface area contributed by atoms with E-state index >= 15 is 0 Å². The number of aryl methyl sites for hydroxylation is 2. The minimum Gasteiger partial charge on any atom is -0.323 e. The van der Waals surface area contributed by atoms with E-state index in [2.05, 4.69) is 15.6 Å². The van der Waals surface area contributed by atoms with E-state index < -0.39 is 11.6 Å². The normalized spacial score (nSPS) is 28.4. The summed E-state index contributed by atoms with van der Waals surface area (Å²) in [6.07, 6.45) is 6.63. The minimum absolute atomic E-state index is 0.0905. The Kier molecular flexibility index (Phi) is 4.02. The van der Waals surface area contributed by atoms with Crippen LogP contribution in [-0.4, -0.2) is 39.8 Å². The van der Waals surface area contributed by atoms with Gasteiger partial charge in [0.25, 0.3) is 5.91 Å². The van der Waals surface area contributed by atoms with Crippen molar-refractivity contribution in [1.82, 2.24) is 15.2 Å². The lowest BCUT2D eigenvalue weighted by Crippen LogP contribution is -2.54. The van der Waals surface area contributed by atoms with Gasteiger partial charge in [0, 0.05) is 4.88 Å². The van der Waals surface area contributed by atoms with Gasteiger partial charge in [0.2, 0.25) is 5.91 Å². The summed E-state index contributed by atoms with van der Waals surface area (Å²) in [5.74, 6) is -0.550. The first-order chi connectivity index (χ1) is 12.0. The van der Waals surface area contributed by atoms with Crippen molar-refractivity contribution in [3.05, 3.63) is 10.6 Å². The predicted octanol–water partition coefficient (Wildman–Crippen LogP) is 2.07. The molecule has 0 aromatic carbocycles. The van der Waals surface area contributed by atoms with Crippen LogP contribution in [0.2, 0.25) is 0 Å². The van der Waals surface area contributed by atoms with E-state index in [0.717, 1.165) is 49.1 Å². The molecule has 7 nitrogen and oxygen atoms in total. The summed E-state index contributed by atoms with van der Waals surface area (Å²) in [6, 6.07) is -0.462. The number of urea groups is 1. The van der Waals surface area contributed by atoms with Gasteiger partial charge in [0.05, 0.1) is 5.69 Å². The molecule has 2 N–H and O–H groups in total. The Hall–Kier alpha value is -1.96. The highest BCUT2D eigenvalue weighted by molar-refractivity contribution is 7.15. The van der Waals surface area contributed by atoms with E-state index in [9.17, 15) is 14.4 Å². The monoisotopic (exact) mass is 362 g/mol. The first-order valence-electron chi connectivity index (χ1n) is 8.92. The Morgan fingerprint density at radius 3 is 2.96 bits per heavy atom. The van der Waals surface area contributed by atoms with Crippen LogP contribution in [0.15, 0.2) is 0 Å². The molecule has 2 atom stereocenters. The third-order valence-electron chi connectivity index (χ3n) is 5.65. The molecule has 1 aliphatic heterocycles. The molecule has 3 aliphatic rings. The summed E-state index contributed by atoms with van der Waals surface area (Å²) in [5.41, 5.74) is 0.239. The highest BCUT2D eigenvalue weighted by atomic mass is 32.1. The van der Waals surface area contributed by atoms with Crippen LogP contribution < -0.4 is 10.6 Å². The Labute approximate surface area is 150 Å². The largest absolute Gasteiger partial charge is 0.325 e. The van der Waals surface area contributed by atoms with Crippen LogP contribution in [0.25, 0.3) is 0 Å². The number of hydrogen-bond acceptors (Lipinski definition) is 5. The zero-order valence-corrected chi connectivity index (χ0v) is 15.1. The second-order valence-corrected chi connectivity index (χ2v) is 8.31. The van der Waals surface area contributed by atoms with Gasteiger partial charge < -0.3 is 10.6 Å². The molecule has 1 aromatic heterocycles. The zero-order valence-electron chi connectivity index (χ0n) is 14.3. The molecule has 8 heteroatoms. The van der Waals surface area contributed by atoms with Crippen LogP contribution in [0.4, 0.5) is 9.93 Å². The summed E-state index contributed by atoms with van der Waals surface area (Å²) in [4.78, 5) is 44.2. The van der Waals surface area contributed by atoms with Gasteiger partial charge in [0.15, 0.2) is 5.13 Å². The van der Waals surface area contributed by atoms with Crippen LogP contribution in [0.1, 0.15) is 49.6 Å². The van der Waals surface area contributed by atoms with Crippen molar-refractivity contribution in [1.29, 1.82) is 0 Å². The van der Waals surface area contributed by atoms with E-state index in [1.165, 1.54) is 16.2 Å². The van der Waals surface area contributed by atoms with Crippen molar-refractivity contribution < 1.29 is 14.4 Å². The topological polar surface area (TPSA) is 91.4 Å². The number of carbonyl (C=O) groups is 3. The quantitative estimate of drug-likeness (QED) is 0.805. The van der Waals surface area contributed by atoms with E-state index in [1.807, 2.05) is 6.92 Å². The van der Waals surface area contributed by atoms with E-state index in [-0.39, 0.29) is 24.3 Å². The van der Waals surface area contributed by atoms with Gasteiger partial charge in [-0.3, -0.25) is 14.5 Å². The third kappa shape index (κ3) is 2.72. The second kappa shape index (κ2) is 6.09. The molecule has 4 amide bonds. The van der Waals surface area contributed by atoms with Gasteiger partial charge in [-0.25, -0.2) is 9.78 Å². The van der Waals surface area contributed by atoms with Gasteiger partial charge in [-0.05, 0) is 38.0 Å². The van der Waals surface area contributed by atoms with Gasteiger partial charge in [0.1, 0.15) is 12.1 Å². The van der Waals surface area contributed by atoms with Gasteiger partial charge in [-0.2, -0.15) is 0 Å². The van der Waals surface area contributed by atoms with Crippen LogP contribution >= 0.6 is 11.3 Å². The van der Waals surface area contributed by atoms with Crippen LogP contribution in [-0.2, 0) is 22.4 Å². The molecule has 2 aliphatic carbocycles. The number of aromatic nitrogens is 1. The maximum atomic E-state index is 12.9. The van der Waals surface area contributed by atoms with Crippen molar-refractivity contribution in [2.45, 2.75) is 57.4 Å². The summed E-state index contributed by atoms with van der Waals surface area (Å²) in [5, 5.41) is 6.16. The lowest BCUT2D eigenvalue weighted by molar-refractivity contribution is -0.136. The standard InChI is InChI=1S/C17H22N4O3S/c1-10-5-2-3-8-17(10)14(23)21(16(24)20-17)9-13(22)19-15-18-11-6-4-7-12(11)25-15/h10H,2-9H2,1H3,(H,20,24)(H,18,19,22)/t10-,17-/m1/s1. The highest BCUT2D eigenvalue weighted by Crippen LogP contribution is 2.38. The van der Waals surface area contributed by atoms with Crippen molar-refractivity contribution in [3.63, 3.8) is 0 Å². The first kappa shape index (κ1) is 16.5. The lowest BCUT2D eigenvalue weighted by Gasteiger charge is -2.36. The molecule has 1 saturated heterocycles. The van der Waals surface area contributed by atoms with Crippen molar-refractivity contribution in [2.75, 3.05) is 11.9 Å². The SMILES string of the molecule is C[C@@H]1CCCC[C@@]12NC(=O)N(CC(=O)Nc1nc3c(s1)CCC3)C2=O. The van der Waals surface area contributed by atoms with Gasteiger partial charge in [-0.15, -0.1) is 11.3 Å². The fourth-order valence-corrected chi connectivity index (χ4v) is 5.25. The molecule has 134 valence electrons. The molecule has 0 bridgehead atoms. The fraction of sp³-hybridized carbons (Fsp3) is 0.647. The molecule has 1 saturated carbocycles. The second-order valence-electron chi connectivity index (χ2n) is 7.23. The van der Waals surface area contributed by atoms with Crippen LogP contribution in [0.3, 0.4) is 0 Å². The van der Waals surface area contributed by atoms with Crippen molar-refractivity contribution in [2.24, 2.45) is 5.92 Å². The Morgan fingerprint density at radius 1 is 1.36 bits per heavy atom. The summed E-state index contributed by atoms with van der Waals surface area (Å²) >= 11 is 1.48. The Morgan fingerprint density at radius 2 is 2.20 bits per heavy atom. The van der Waals surface area contributed by atoms with E-state index in [0.29, 0.717) is 11.6 Å². The number of nitrogens with one attached hydrogen (secondary N) is 2. The minimum atomic E-state index is -0.821. The predicted molar refractivity (Wildman–Crippen MR) is 93.4 cm³/mol. The molecule has 1 spiro atoms. The molecular formula is C17H22N4O3S. The summed E-state index contributed by atoms with van der Waals surface area (Å²) in [6.45, 7) is 1.74. The maximum Gasteiger partial charge on any atom is 0.325 e. The zero-order chi connectivity index (χ0) is 17.6. The number of imide groups is 1. The molecular weight excluding hydrogens is 340 g/mol. The Bertz CT molecular complexity index is 725. The Balaban J connectivity index is 1.43. The smallest absolute Gasteiger partial charge is 0.323 e. The number of nitrogens with zero attached hydrogens (tertiary/aromatic N) is 2. The van der Waals surface area contributed by atoms with Gasteiger partial charge >= 0.3 is 6.03 Å². The van der Waals surface area contributed by atoms with Crippen molar-refractivity contribution >= 4 is 34.3 Å². The number of carbonyl (C=O) groups excluding carboxylic acids is 3. The first-order valence-corrected chi connectivity index (χ1v) is 9.74. The average Bonchev–Trinajstić information content (AvgIpc) is 3.20.